The van der Waals surface area contributed by atoms with Gasteiger partial charge in [0.2, 0.25) is 0 Å². The van der Waals surface area contributed by atoms with Gasteiger partial charge in [0, 0.05) is 6.54 Å². The molecule has 0 saturated carbocycles. The lowest BCUT2D eigenvalue weighted by Gasteiger charge is -2.12. The predicted octanol–water partition coefficient (Wildman–Crippen LogP) is 3.49. The number of imidazole rings is 1. The number of amides is 1. The summed E-state index contributed by atoms with van der Waals surface area (Å²) >= 11 is 0. The average Bonchev–Trinajstić information content (AvgIpc) is 2.77. The van der Waals surface area contributed by atoms with E-state index < -0.39 is 0 Å². The minimum absolute atomic E-state index is 0.0377. The molecule has 0 spiro atoms. The third kappa shape index (κ3) is 3.35. The van der Waals surface area contributed by atoms with Crippen LogP contribution in [0.25, 0.3) is 11.0 Å². The Balaban J connectivity index is 2.42. The van der Waals surface area contributed by atoms with Crippen molar-refractivity contribution in [2.75, 3.05) is 6.54 Å². The Bertz CT molecular complexity index is 632. The highest BCUT2D eigenvalue weighted by Crippen LogP contribution is 2.24. The normalized spacial score (nSPS) is 11.1. The molecule has 1 aromatic heterocycles. The van der Waals surface area contributed by atoms with E-state index >= 15 is 0 Å². The number of aromatic nitrogens is 2. The molecular weight excluding hydrogens is 266 g/mol. The summed E-state index contributed by atoms with van der Waals surface area (Å²) in [7, 11) is 0. The van der Waals surface area contributed by atoms with Gasteiger partial charge in [0.05, 0.1) is 17.1 Å². The van der Waals surface area contributed by atoms with E-state index in [0.717, 1.165) is 29.4 Å². The van der Waals surface area contributed by atoms with Gasteiger partial charge in [-0.3, -0.25) is 0 Å². The van der Waals surface area contributed by atoms with Crippen LogP contribution in [0.5, 0.6) is 6.01 Å². The maximum atomic E-state index is 12.4. The molecule has 2 aromatic rings. The highest BCUT2D eigenvalue weighted by atomic mass is 16.5. The molecule has 0 aliphatic heterocycles. The molecule has 0 fully saturated rings. The van der Waals surface area contributed by atoms with Crippen molar-refractivity contribution in [3.63, 3.8) is 0 Å². The molecule has 0 aliphatic carbocycles. The summed E-state index contributed by atoms with van der Waals surface area (Å²) in [6, 6.07) is 5.96. The standard InChI is InChI=1S/C16H23N3O2/c1-5-6-10-17-15(20)19-13-9-7-8-12(4)14(13)18-16(19)21-11(2)3/h7-9,11H,5-6,10H2,1-4H3,(H,17,20). The van der Waals surface area contributed by atoms with Crippen LogP contribution in [0.2, 0.25) is 0 Å². The largest absolute Gasteiger partial charge is 0.462 e. The minimum atomic E-state index is -0.188. The number of ether oxygens (including phenoxy) is 1. The van der Waals surface area contributed by atoms with E-state index in [9.17, 15) is 4.79 Å². The number of hydrogen-bond donors (Lipinski definition) is 1. The molecule has 2 rings (SSSR count). The van der Waals surface area contributed by atoms with E-state index in [-0.39, 0.29) is 12.1 Å². The molecular formula is C16H23N3O2. The predicted molar refractivity (Wildman–Crippen MR) is 83.9 cm³/mol. The lowest BCUT2D eigenvalue weighted by molar-refractivity contribution is 0.208. The van der Waals surface area contributed by atoms with Gasteiger partial charge < -0.3 is 10.1 Å². The van der Waals surface area contributed by atoms with Crippen LogP contribution in [0, 0.1) is 6.92 Å². The maximum Gasteiger partial charge on any atom is 0.330 e. The van der Waals surface area contributed by atoms with Gasteiger partial charge in [0.1, 0.15) is 0 Å². The molecule has 0 radical (unpaired) electrons. The first-order chi connectivity index (χ1) is 10.0. The van der Waals surface area contributed by atoms with Gasteiger partial charge in [-0.25, -0.2) is 9.36 Å². The van der Waals surface area contributed by atoms with Crippen molar-refractivity contribution in [2.24, 2.45) is 0 Å². The first-order valence-corrected chi connectivity index (χ1v) is 7.47. The number of unbranched alkanes of at least 4 members (excludes halogenated alkanes) is 1. The molecule has 5 nitrogen and oxygen atoms in total. The molecule has 0 saturated heterocycles. The molecule has 0 unspecified atom stereocenters. The van der Waals surface area contributed by atoms with Gasteiger partial charge in [-0.15, -0.1) is 0 Å². The molecule has 21 heavy (non-hydrogen) atoms. The molecule has 1 N–H and O–H groups in total. The molecule has 0 atom stereocenters. The van der Waals surface area contributed by atoms with Gasteiger partial charge in [-0.1, -0.05) is 25.5 Å². The Hall–Kier alpha value is -2.04. The van der Waals surface area contributed by atoms with Crippen molar-refractivity contribution in [3.8, 4) is 6.01 Å². The molecule has 1 heterocycles. The lowest BCUT2D eigenvalue weighted by Crippen LogP contribution is -2.30. The van der Waals surface area contributed by atoms with Crippen LogP contribution in [-0.2, 0) is 0 Å². The molecule has 114 valence electrons. The third-order valence-corrected chi connectivity index (χ3v) is 3.21. The number of aryl methyl sites for hydroxylation is 1. The van der Waals surface area contributed by atoms with Gasteiger partial charge in [-0.05, 0) is 38.8 Å². The van der Waals surface area contributed by atoms with Crippen molar-refractivity contribution in [3.05, 3.63) is 23.8 Å². The van der Waals surface area contributed by atoms with Crippen molar-refractivity contribution >= 4 is 17.1 Å². The fraction of sp³-hybridized carbons (Fsp3) is 0.500. The molecule has 5 heteroatoms. The van der Waals surface area contributed by atoms with Crippen molar-refractivity contribution in [1.29, 1.82) is 0 Å². The zero-order chi connectivity index (χ0) is 15.4. The average molecular weight is 289 g/mol. The van der Waals surface area contributed by atoms with Crippen LogP contribution in [0.4, 0.5) is 4.79 Å². The fourth-order valence-electron chi connectivity index (χ4n) is 2.16. The third-order valence-electron chi connectivity index (χ3n) is 3.21. The quantitative estimate of drug-likeness (QED) is 0.857. The van der Waals surface area contributed by atoms with Crippen LogP contribution in [-0.4, -0.2) is 28.2 Å². The second-order valence-corrected chi connectivity index (χ2v) is 5.42. The van der Waals surface area contributed by atoms with E-state index in [0.29, 0.717) is 12.6 Å². The van der Waals surface area contributed by atoms with Gasteiger partial charge >= 0.3 is 12.0 Å². The second kappa shape index (κ2) is 6.61. The Morgan fingerprint density at radius 2 is 2.19 bits per heavy atom. The van der Waals surface area contributed by atoms with Crippen LogP contribution < -0.4 is 10.1 Å². The van der Waals surface area contributed by atoms with E-state index in [4.69, 9.17) is 4.74 Å². The number of nitrogens with one attached hydrogen (secondary N) is 1. The summed E-state index contributed by atoms with van der Waals surface area (Å²) in [6.45, 7) is 8.57. The van der Waals surface area contributed by atoms with Crippen LogP contribution >= 0.6 is 0 Å². The number of carbonyl (C=O) groups excluding carboxylic acids is 1. The second-order valence-electron chi connectivity index (χ2n) is 5.42. The summed E-state index contributed by atoms with van der Waals surface area (Å²) in [5.74, 6) is 0. The maximum absolute atomic E-state index is 12.4. The van der Waals surface area contributed by atoms with Crippen LogP contribution in [0.15, 0.2) is 18.2 Å². The first kappa shape index (κ1) is 15.4. The SMILES string of the molecule is CCCCNC(=O)n1c(OC(C)C)nc2c(C)cccc21. The monoisotopic (exact) mass is 289 g/mol. The minimum Gasteiger partial charge on any atom is -0.462 e. The van der Waals surface area contributed by atoms with E-state index in [1.165, 1.54) is 4.57 Å². The Morgan fingerprint density at radius 1 is 1.43 bits per heavy atom. The first-order valence-electron chi connectivity index (χ1n) is 7.47. The van der Waals surface area contributed by atoms with E-state index in [2.05, 4.69) is 17.2 Å². The number of nitrogens with zero attached hydrogens (tertiary/aromatic N) is 2. The number of rotatable bonds is 5. The Morgan fingerprint density at radius 3 is 2.86 bits per heavy atom. The van der Waals surface area contributed by atoms with Crippen LogP contribution in [0.1, 0.15) is 39.2 Å². The number of para-hydroxylation sites is 1. The van der Waals surface area contributed by atoms with Crippen molar-refractivity contribution in [2.45, 2.75) is 46.6 Å². The molecule has 0 aliphatic rings. The molecule has 1 aromatic carbocycles. The number of fused-ring (bicyclic) bond motifs is 1. The summed E-state index contributed by atoms with van der Waals surface area (Å²) in [6.07, 6.45) is 1.96. The zero-order valence-corrected chi connectivity index (χ0v) is 13.1. The summed E-state index contributed by atoms with van der Waals surface area (Å²) in [5, 5.41) is 2.92. The van der Waals surface area contributed by atoms with E-state index in [1.54, 1.807) is 0 Å². The topological polar surface area (TPSA) is 56.2 Å². The highest BCUT2D eigenvalue weighted by molar-refractivity contribution is 5.92. The smallest absolute Gasteiger partial charge is 0.330 e. The molecule has 1 amide bonds. The van der Waals surface area contributed by atoms with Gasteiger partial charge in [0.25, 0.3) is 0 Å². The van der Waals surface area contributed by atoms with Gasteiger partial charge in [-0.2, -0.15) is 4.98 Å². The summed E-state index contributed by atoms with van der Waals surface area (Å²) in [4.78, 5) is 16.9. The highest BCUT2D eigenvalue weighted by Gasteiger charge is 2.19. The van der Waals surface area contributed by atoms with Crippen molar-refractivity contribution in [1.82, 2.24) is 14.9 Å². The van der Waals surface area contributed by atoms with Crippen molar-refractivity contribution < 1.29 is 9.53 Å². The number of carbonyl (C=O) groups is 1. The number of benzene rings is 1. The summed E-state index contributed by atoms with van der Waals surface area (Å²) < 4.78 is 7.23. The van der Waals surface area contributed by atoms with Crippen LogP contribution in [0.3, 0.4) is 0 Å². The molecule has 0 bridgehead atoms. The zero-order valence-electron chi connectivity index (χ0n) is 13.1. The fourth-order valence-corrected chi connectivity index (χ4v) is 2.16. The van der Waals surface area contributed by atoms with Gasteiger partial charge in [0.15, 0.2) is 0 Å². The Kier molecular flexibility index (Phi) is 4.83. The summed E-state index contributed by atoms with van der Waals surface area (Å²) in [5.41, 5.74) is 2.61. The Labute approximate surface area is 125 Å². The van der Waals surface area contributed by atoms with E-state index in [1.807, 2.05) is 39.0 Å². The number of hydrogen-bond acceptors (Lipinski definition) is 3. The lowest BCUT2D eigenvalue weighted by atomic mass is 10.2.